The van der Waals surface area contributed by atoms with Gasteiger partial charge in [-0.25, -0.2) is 12.8 Å². The number of aryl methyl sites for hydroxylation is 1. The molecular weight excluding hydrogens is 369 g/mol. The lowest BCUT2D eigenvalue weighted by Gasteiger charge is -2.27. The summed E-state index contributed by atoms with van der Waals surface area (Å²) in [6, 6.07) is 3.21. The molecule has 1 aliphatic heterocycles. The van der Waals surface area contributed by atoms with Crippen LogP contribution in [0.2, 0.25) is 0 Å². The van der Waals surface area contributed by atoms with Gasteiger partial charge < -0.3 is 4.74 Å². The van der Waals surface area contributed by atoms with Gasteiger partial charge in [0.05, 0.1) is 30.7 Å². The minimum absolute atomic E-state index is 0.00484. The minimum Gasteiger partial charge on any atom is -0.376 e. The van der Waals surface area contributed by atoms with E-state index >= 15 is 0 Å². The molecule has 4 rings (SSSR count). The monoisotopic (exact) mass is 389 g/mol. The first kappa shape index (κ1) is 18.1. The molecule has 1 aromatic carbocycles. The summed E-state index contributed by atoms with van der Waals surface area (Å²) in [6.45, 7) is 2.26. The number of hydrogen-bond donors (Lipinski definition) is 0. The van der Waals surface area contributed by atoms with Crippen molar-refractivity contribution >= 4 is 20.7 Å². The van der Waals surface area contributed by atoms with E-state index in [-0.39, 0.29) is 23.2 Å². The molecule has 1 unspecified atom stereocenters. The Kier molecular flexibility index (Phi) is 4.47. The van der Waals surface area contributed by atoms with E-state index in [1.807, 2.05) is 0 Å². The molecule has 0 spiro atoms. The fraction of sp³-hybridized carbons (Fsp3) is 0.368. The predicted molar refractivity (Wildman–Crippen MR) is 101 cm³/mol. The number of aromatic nitrogens is 3. The highest BCUT2D eigenvalue weighted by atomic mass is 32.2. The van der Waals surface area contributed by atoms with Gasteiger partial charge in [-0.3, -0.25) is 9.67 Å². The fourth-order valence-corrected chi connectivity index (χ4v) is 4.71. The van der Waals surface area contributed by atoms with Crippen molar-refractivity contribution in [2.45, 2.75) is 19.4 Å². The van der Waals surface area contributed by atoms with E-state index in [1.165, 1.54) is 6.07 Å². The summed E-state index contributed by atoms with van der Waals surface area (Å²) in [5.74, 6) is -0.577. The minimum atomic E-state index is -3.17. The second kappa shape index (κ2) is 6.69. The molecule has 0 saturated carbocycles. The van der Waals surface area contributed by atoms with E-state index in [4.69, 9.17) is 4.74 Å². The van der Waals surface area contributed by atoms with Crippen molar-refractivity contribution in [3.63, 3.8) is 0 Å². The van der Waals surface area contributed by atoms with Crippen molar-refractivity contribution in [2.75, 3.05) is 18.1 Å². The van der Waals surface area contributed by atoms with Crippen molar-refractivity contribution in [2.24, 2.45) is 7.05 Å². The van der Waals surface area contributed by atoms with Gasteiger partial charge in [0, 0.05) is 47.6 Å². The van der Waals surface area contributed by atoms with Gasteiger partial charge in [0.15, 0.2) is 9.84 Å². The average molecular weight is 389 g/mol. The van der Waals surface area contributed by atoms with Gasteiger partial charge in [0.25, 0.3) is 0 Å². The molecule has 1 aliphatic rings. The van der Waals surface area contributed by atoms with Crippen LogP contribution in [0, 0.1) is 5.82 Å². The Morgan fingerprint density at radius 1 is 1.26 bits per heavy atom. The SMILES string of the molecule is CCS(=O)(=O)CC1COCc2c(-c3cc4c(cnn4C)cc3F)cncc21. The van der Waals surface area contributed by atoms with E-state index < -0.39 is 9.84 Å². The third-order valence-corrected chi connectivity index (χ3v) is 6.91. The zero-order chi connectivity index (χ0) is 19.2. The number of benzene rings is 1. The van der Waals surface area contributed by atoms with Gasteiger partial charge in [-0.1, -0.05) is 6.92 Å². The zero-order valence-corrected chi connectivity index (χ0v) is 16.0. The Bertz CT molecular complexity index is 1120. The van der Waals surface area contributed by atoms with E-state index in [0.717, 1.165) is 22.0 Å². The van der Waals surface area contributed by atoms with Crippen LogP contribution in [-0.2, 0) is 28.2 Å². The van der Waals surface area contributed by atoms with Crippen LogP contribution in [0.1, 0.15) is 24.0 Å². The number of rotatable bonds is 4. The maximum Gasteiger partial charge on any atom is 0.150 e. The summed E-state index contributed by atoms with van der Waals surface area (Å²) in [4.78, 5) is 4.27. The molecule has 0 fully saturated rings. The van der Waals surface area contributed by atoms with Crippen LogP contribution in [0.15, 0.2) is 30.7 Å². The Hall–Kier alpha value is -2.32. The molecule has 0 saturated heterocycles. The maximum absolute atomic E-state index is 14.8. The summed E-state index contributed by atoms with van der Waals surface area (Å²) in [7, 11) is -1.36. The van der Waals surface area contributed by atoms with Gasteiger partial charge in [0.2, 0.25) is 0 Å². The summed E-state index contributed by atoms with van der Waals surface area (Å²) in [5, 5.41) is 4.89. The zero-order valence-electron chi connectivity index (χ0n) is 15.1. The number of pyridine rings is 1. The van der Waals surface area contributed by atoms with Crippen molar-refractivity contribution in [3.8, 4) is 11.1 Å². The van der Waals surface area contributed by atoms with Gasteiger partial charge in [-0.05, 0) is 23.3 Å². The molecule has 0 aliphatic carbocycles. The van der Waals surface area contributed by atoms with Gasteiger partial charge in [-0.2, -0.15) is 5.10 Å². The molecule has 142 valence electrons. The Morgan fingerprint density at radius 2 is 2.07 bits per heavy atom. The Morgan fingerprint density at radius 3 is 2.85 bits per heavy atom. The fourth-order valence-electron chi connectivity index (χ4n) is 3.58. The van der Waals surface area contributed by atoms with Crippen molar-refractivity contribution in [3.05, 3.63) is 47.7 Å². The molecule has 3 aromatic rings. The smallest absolute Gasteiger partial charge is 0.150 e. The van der Waals surface area contributed by atoms with Crippen LogP contribution >= 0.6 is 0 Å². The highest BCUT2D eigenvalue weighted by molar-refractivity contribution is 7.91. The molecule has 1 atom stereocenters. The third kappa shape index (κ3) is 3.23. The van der Waals surface area contributed by atoms with Crippen LogP contribution in [-0.4, -0.2) is 41.3 Å². The van der Waals surface area contributed by atoms with Crippen LogP contribution in [0.5, 0.6) is 0 Å². The molecule has 6 nitrogen and oxygen atoms in total. The summed E-state index contributed by atoms with van der Waals surface area (Å²) in [5.41, 5.74) is 3.48. The quantitative estimate of drug-likeness (QED) is 0.686. The first-order chi connectivity index (χ1) is 12.9. The molecule has 27 heavy (non-hydrogen) atoms. The lowest BCUT2D eigenvalue weighted by Crippen LogP contribution is -2.25. The normalized spacial score (nSPS) is 17.2. The standard InChI is InChI=1S/C19H20FN3O3S/c1-3-27(24,25)11-13-9-26-10-17-15(13)7-21-8-16(17)14-5-19-12(4-18(14)20)6-22-23(19)2/h4-8,13H,3,9-11H2,1-2H3. The van der Waals surface area contributed by atoms with Gasteiger partial charge in [-0.15, -0.1) is 0 Å². The highest BCUT2D eigenvalue weighted by Crippen LogP contribution is 2.36. The lowest BCUT2D eigenvalue weighted by atomic mass is 9.90. The Labute approximate surface area is 156 Å². The summed E-state index contributed by atoms with van der Waals surface area (Å²) < 4.78 is 46.3. The van der Waals surface area contributed by atoms with Crippen LogP contribution < -0.4 is 0 Å². The number of sulfone groups is 1. The molecule has 0 N–H and O–H groups in total. The lowest BCUT2D eigenvalue weighted by molar-refractivity contribution is 0.0958. The van der Waals surface area contributed by atoms with E-state index in [9.17, 15) is 12.8 Å². The second-order valence-corrected chi connectivity index (χ2v) is 9.22. The highest BCUT2D eigenvalue weighted by Gasteiger charge is 2.28. The Balaban J connectivity index is 1.84. The number of hydrogen-bond acceptors (Lipinski definition) is 5. The van der Waals surface area contributed by atoms with Crippen LogP contribution in [0.25, 0.3) is 22.0 Å². The molecule has 2 aromatic heterocycles. The largest absolute Gasteiger partial charge is 0.376 e. The van der Waals surface area contributed by atoms with Gasteiger partial charge >= 0.3 is 0 Å². The summed E-state index contributed by atoms with van der Waals surface area (Å²) in [6.07, 6.45) is 4.91. The molecule has 0 amide bonds. The second-order valence-electron chi connectivity index (χ2n) is 6.82. The molecule has 3 heterocycles. The third-order valence-electron chi connectivity index (χ3n) is 5.12. The molecule has 0 radical (unpaired) electrons. The number of fused-ring (bicyclic) bond motifs is 2. The predicted octanol–water partition coefficient (Wildman–Crippen LogP) is 2.82. The van der Waals surface area contributed by atoms with Gasteiger partial charge in [0.1, 0.15) is 5.82 Å². The van der Waals surface area contributed by atoms with Crippen molar-refractivity contribution in [1.82, 2.24) is 14.8 Å². The molecular formula is C19H20FN3O3S. The number of nitrogens with zero attached hydrogens (tertiary/aromatic N) is 3. The number of halogens is 1. The molecule has 8 heteroatoms. The average Bonchev–Trinajstić information content (AvgIpc) is 3.00. The summed E-state index contributed by atoms with van der Waals surface area (Å²) >= 11 is 0. The van der Waals surface area contributed by atoms with E-state index in [1.54, 1.807) is 43.3 Å². The van der Waals surface area contributed by atoms with Crippen molar-refractivity contribution < 1.29 is 17.5 Å². The molecule has 0 bridgehead atoms. The first-order valence-corrected chi connectivity index (χ1v) is 10.6. The van der Waals surface area contributed by atoms with Crippen LogP contribution in [0.3, 0.4) is 0 Å². The van der Waals surface area contributed by atoms with E-state index in [0.29, 0.717) is 24.3 Å². The first-order valence-electron chi connectivity index (χ1n) is 8.76. The number of ether oxygens (including phenoxy) is 1. The van der Waals surface area contributed by atoms with Crippen LogP contribution in [0.4, 0.5) is 4.39 Å². The topological polar surface area (TPSA) is 74.1 Å². The van der Waals surface area contributed by atoms with Crippen molar-refractivity contribution in [1.29, 1.82) is 0 Å². The van der Waals surface area contributed by atoms with E-state index in [2.05, 4.69) is 10.1 Å². The maximum atomic E-state index is 14.8.